The van der Waals surface area contributed by atoms with E-state index in [2.05, 4.69) is 11.1 Å². The first kappa shape index (κ1) is 17.5. The van der Waals surface area contributed by atoms with Crippen molar-refractivity contribution in [2.75, 3.05) is 0 Å². The smallest absolute Gasteiger partial charge is 0.155 e. The number of carbonyl (C=O) groups excluding carboxylic acids is 1. The fourth-order valence-electron chi connectivity index (χ4n) is 1.89. The normalized spacial score (nSPS) is 11.0. The molecule has 2 aromatic heterocycles. The molecule has 0 aliphatic rings. The van der Waals surface area contributed by atoms with Crippen LogP contribution in [0.15, 0.2) is 59.8 Å². The number of ketones is 1. The van der Waals surface area contributed by atoms with E-state index in [0.717, 1.165) is 21.3 Å². The molecule has 5 heteroatoms. The summed E-state index contributed by atoms with van der Waals surface area (Å²) in [7, 11) is 0. The van der Waals surface area contributed by atoms with Crippen LogP contribution in [0.2, 0.25) is 0 Å². The zero-order valence-corrected chi connectivity index (χ0v) is 15.9. The van der Waals surface area contributed by atoms with E-state index in [1.165, 1.54) is 31.3 Å². The minimum atomic E-state index is -0.125. The Hall–Kier alpha value is -1.81. The van der Waals surface area contributed by atoms with E-state index >= 15 is 0 Å². The molecular weight excluding hydrogens is 486 g/mol. The third kappa shape index (κ3) is 5.71. The predicted molar refractivity (Wildman–Crippen MR) is 91.0 cm³/mol. The van der Waals surface area contributed by atoms with Crippen molar-refractivity contribution in [2.45, 2.75) is 13.8 Å². The topological polar surface area (TPSA) is 50.2 Å². The zero-order chi connectivity index (χ0) is 16.8. The predicted octanol–water partition coefficient (Wildman–Crippen LogP) is 4.80. The number of hydrogen-bond donors (Lipinski definition) is 1. The molecule has 1 N–H and O–H groups in total. The third-order valence-corrected chi connectivity index (χ3v) is 3.51. The number of nitrogens with zero attached hydrogens (tertiary/aromatic N) is 1. The minimum absolute atomic E-state index is 0. The van der Waals surface area contributed by atoms with Gasteiger partial charge in [0.25, 0.3) is 0 Å². The van der Waals surface area contributed by atoms with Gasteiger partial charge in [-0.05, 0) is 36.4 Å². The molecule has 0 saturated heterocycles. The first-order valence-corrected chi connectivity index (χ1v) is 7.49. The Labute approximate surface area is 154 Å². The van der Waals surface area contributed by atoms with Crippen molar-refractivity contribution < 1.29 is 31.4 Å². The average molecular weight is 504 g/mol. The molecule has 0 amide bonds. The van der Waals surface area contributed by atoms with Gasteiger partial charge in [-0.1, -0.05) is 6.07 Å². The van der Waals surface area contributed by atoms with Crippen LogP contribution in [0, 0.1) is 6.07 Å². The van der Waals surface area contributed by atoms with Gasteiger partial charge in [0.15, 0.2) is 5.78 Å². The molecule has 1 aromatic carbocycles. The molecule has 1 radical (unpaired) electrons. The van der Waals surface area contributed by atoms with Crippen LogP contribution in [-0.4, -0.2) is 15.9 Å². The summed E-state index contributed by atoms with van der Waals surface area (Å²) in [4.78, 5) is 14.4. The van der Waals surface area contributed by atoms with Crippen LogP contribution in [0.5, 0.6) is 0 Å². The summed E-state index contributed by atoms with van der Waals surface area (Å²) in [6, 6.07) is 14.8. The number of pyridine rings is 1. The molecule has 0 spiro atoms. The largest absolute Gasteiger partial charge is 0.512 e. The molecule has 3 rings (SSSR count). The molecule has 121 valence electrons. The number of aromatic nitrogens is 1. The third-order valence-electron chi connectivity index (χ3n) is 2.70. The van der Waals surface area contributed by atoms with Gasteiger partial charge < -0.3 is 10.1 Å². The van der Waals surface area contributed by atoms with E-state index in [0.29, 0.717) is 5.36 Å². The Balaban J connectivity index is 0.000000312. The van der Waals surface area contributed by atoms with E-state index in [1.807, 2.05) is 36.4 Å². The Morgan fingerprint density at radius 1 is 1.35 bits per heavy atom. The summed E-state index contributed by atoms with van der Waals surface area (Å²) in [6.07, 6.45) is 2.95. The van der Waals surface area contributed by atoms with Crippen molar-refractivity contribution in [1.29, 1.82) is 0 Å². The standard InChI is InChI=1S/C13H8NS.C5H8O2.Ir/c1-2-4-10(5-3-1)13-11-7-9-15-12(11)6-8-14-13;1-4(6)3-5(2)7;/h1-4,6-9H;3,6H,1-2H3;/q-1;;/b;4-3-;/i9D;;. The van der Waals surface area contributed by atoms with Gasteiger partial charge in [-0.25, -0.2) is 0 Å². The molecule has 0 atom stereocenters. The molecule has 0 aliphatic heterocycles. The molecular formula is C18H16IrNO2S-. The Bertz CT molecular complexity index is 843. The molecule has 2 heterocycles. The molecule has 3 nitrogen and oxygen atoms in total. The number of fused-ring (bicyclic) bond motifs is 1. The number of rotatable bonds is 2. The maximum absolute atomic E-state index is 10.0. The molecule has 0 fully saturated rings. The molecule has 0 unspecified atom stereocenters. The molecule has 23 heavy (non-hydrogen) atoms. The number of benzene rings is 1. The van der Waals surface area contributed by atoms with Crippen molar-refractivity contribution in [3.63, 3.8) is 0 Å². The van der Waals surface area contributed by atoms with Gasteiger partial charge in [0.1, 0.15) is 0 Å². The zero-order valence-electron chi connectivity index (χ0n) is 13.7. The minimum Gasteiger partial charge on any atom is -0.512 e. The van der Waals surface area contributed by atoms with Crippen molar-refractivity contribution >= 4 is 27.2 Å². The Morgan fingerprint density at radius 2 is 2.13 bits per heavy atom. The SMILES string of the molecule is CC(=O)/C=C(/C)O.[2H]c1cc2c(-c3[c-]cccc3)nccc2s1.[Ir]. The number of carbonyl (C=O) groups is 1. The van der Waals surface area contributed by atoms with Gasteiger partial charge in [0.2, 0.25) is 0 Å². The Morgan fingerprint density at radius 3 is 2.70 bits per heavy atom. The van der Waals surface area contributed by atoms with Crippen LogP contribution in [0.3, 0.4) is 0 Å². The fraction of sp³-hybridized carbons (Fsp3) is 0.111. The van der Waals surface area contributed by atoms with Gasteiger partial charge >= 0.3 is 0 Å². The molecule has 3 aromatic rings. The first-order chi connectivity index (χ1) is 11.0. The van der Waals surface area contributed by atoms with Gasteiger partial charge in [-0.15, -0.1) is 47.2 Å². The summed E-state index contributed by atoms with van der Waals surface area (Å²) in [5, 5.41) is 9.97. The molecule has 0 saturated carbocycles. The van der Waals surface area contributed by atoms with Crippen LogP contribution in [0.4, 0.5) is 0 Å². The van der Waals surface area contributed by atoms with Crippen LogP contribution < -0.4 is 0 Å². The maximum Gasteiger partial charge on any atom is 0.155 e. The van der Waals surface area contributed by atoms with E-state index < -0.39 is 0 Å². The Kier molecular flexibility index (Phi) is 7.14. The number of aliphatic hydroxyl groups excluding tert-OH is 1. The first-order valence-electron chi connectivity index (χ1n) is 7.17. The van der Waals surface area contributed by atoms with Crippen molar-refractivity contribution in [2.24, 2.45) is 0 Å². The van der Waals surface area contributed by atoms with Gasteiger partial charge in [0, 0.05) is 37.1 Å². The maximum atomic E-state index is 10.0. The summed E-state index contributed by atoms with van der Waals surface area (Å²) in [5.41, 5.74) is 1.89. The van der Waals surface area contributed by atoms with Crippen LogP contribution in [0.1, 0.15) is 15.2 Å². The number of hydrogen-bond acceptors (Lipinski definition) is 4. The van der Waals surface area contributed by atoms with Crippen LogP contribution in [-0.2, 0) is 24.9 Å². The van der Waals surface area contributed by atoms with E-state index in [-0.39, 0.29) is 31.6 Å². The molecule has 0 aliphatic carbocycles. The van der Waals surface area contributed by atoms with Crippen LogP contribution >= 0.6 is 11.3 Å². The number of aliphatic hydroxyl groups is 1. The fourth-order valence-corrected chi connectivity index (χ4v) is 2.58. The van der Waals surface area contributed by atoms with E-state index in [4.69, 9.17) is 6.48 Å². The van der Waals surface area contributed by atoms with Gasteiger partial charge in [-0.3, -0.25) is 4.79 Å². The summed E-state index contributed by atoms with van der Waals surface area (Å²) in [6.45, 7) is 2.85. The summed E-state index contributed by atoms with van der Waals surface area (Å²) >= 11 is 1.47. The monoisotopic (exact) mass is 504 g/mol. The molecule has 0 bridgehead atoms. The van der Waals surface area contributed by atoms with Crippen molar-refractivity contribution in [1.82, 2.24) is 4.98 Å². The van der Waals surface area contributed by atoms with Crippen molar-refractivity contribution in [3.05, 3.63) is 65.9 Å². The van der Waals surface area contributed by atoms with E-state index in [1.54, 1.807) is 6.20 Å². The second kappa shape index (κ2) is 9.36. The quantitative estimate of drug-likeness (QED) is 0.311. The average Bonchev–Trinajstić information content (AvgIpc) is 2.87. The van der Waals surface area contributed by atoms with Gasteiger partial charge in [-0.2, -0.15) is 0 Å². The van der Waals surface area contributed by atoms with Gasteiger partial charge in [0.05, 0.1) is 7.13 Å². The van der Waals surface area contributed by atoms with Crippen LogP contribution in [0.25, 0.3) is 21.3 Å². The second-order valence-corrected chi connectivity index (χ2v) is 5.49. The van der Waals surface area contributed by atoms with Crippen molar-refractivity contribution in [3.8, 4) is 11.3 Å². The summed E-state index contributed by atoms with van der Waals surface area (Å²) < 4.78 is 8.77. The second-order valence-electron chi connectivity index (χ2n) is 4.61. The number of thiophene rings is 1. The summed E-state index contributed by atoms with van der Waals surface area (Å²) in [5.74, 6) is -0.0625. The number of allylic oxidation sites excluding steroid dienone is 2. The van der Waals surface area contributed by atoms with E-state index in [9.17, 15) is 4.79 Å².